The van der Waals surface area contributed by atoms with E-state index in [4.69, 9.17) is 17.0 Å². The number of aryl methyl sites for hydroxylation is 1. The maximum absolute atomic E-state index is 5.99. The summed E-state index contributed by atoms with van der Waals surface area (Å²) in [5.41, 5.74) is 3.20. The zero-order valence-corrected chi connectivity index (χ0v) is 18.6. The second-order valence-electron chi connectivity index (χ2n) is 7.42. The predicted molar refractivity (Wildman–Crippen MR) is 130 cm³/mol. The van der Waals surface area contributed by atoms with Gasteiger partial charge in [-0.3, -0.25) is 4.98 Å². The van der Waals surface area contributed by atoms with Crippen LogP contribution in [0.4, 0.5) is 5.69 Å². The molecule has 3 heterocycles. The second kappa shape index (κ2) is 8.49. The highest BCUT2D eigenvalue weighted by atomic mass is 32.1. The van der Waals surface area contributed by atoms with Crippen LogP contribution in [-0.4, -0.2) is 10.1 Å². The van der Waals surface area contributed by atoms with Gasteiger partial charge < -0.3 is 15.0 Å². The average Bonchev–Trinajstić information content (AvgIpc) is 3.44. The van der Waals surface area contributed by atoms with E-state index in [1.807, 2.05) is 60.8 Å². The SMILES string of the molecule is Cc1ccc(Oc2ccc(N3C(=S)N[C@@H](c4ccccn4)[C@@H]3c3cccs3)cc2)cc1. The van der Waals surface area contributed by atoms with E-state index < -0.39 is 0 Å². The Morgan fingerprint density at radius 3 is 2.32 bits per heavy atom. The molecule has 0 bridgehead atoms. The number of benzene rings is 2. The molecule has 4 aromatic rings. The van der Waals surface area contributed by atoms with Gasteiger partial charge in [-0.2, -0.15) is 0 Å². The first-order valence-electron chi connectivity index (χ1n) is 10.1. The Bertz CT molecular complexity index is 1160. The van der Waals surface area contributed by atoms with Crippen LogP contribution in [0, 0.1) is 6.92 Å². The van der Waals surface area contributed by atoms with Crippen molar-refractivity contribution in [2.24, 2.45) is 0 Å². The number of aromatic nitrogens is 1. The number of ether oxygens (including phenoxy) is 1. The number of thiocarbonyl (C=S) groups is 1. The fraction of sp³-hybridized carbons (Fsp3) is 0.120. The largest absolute Gasteiger partial charge is 0.457 e. The third-order valence-electron chi connectivity index (χ3n) is 5.30. The molecule has 31 heavy (non-hydrogen) atoms. The molecule has 6 heteroatoms. The molecule has 0 amide bonds. The van der Waals surface area contributed by atoms with Crippen molar-refractivity contribution in [3.8, 4) is 11.5 Å². The van der Waals surface area contributed by atoms with Gasteiger partial charge in [-0.1, -0.05) is 29.8 Å². The number of pyridine rings is 1. The van der Waals surface area contributed by atoms with Crippen LogP contribution in [0.2, 0.25) is 0 Å². The summed E-state index contributed by atoms with van der Waals surface area (Å²) >= 11 is 7.49. The number of anilines is 1. The highest BCUT2D eigenvalue weighted by Crippen LogP contribution is 2.43. The Hall–Kier alpha value is -3.22. The van der Waals surface area contributed by atoms with E-state index in [0.717, 1.165) is 22.9 Å². The molecule has 1 aliphatic heterocycles. The molecule has 0 unspecified atom stereocenters. The Kier molecular flexibility index (Phi) is 5.40. The molecule has 1 aliphatic rings. The molecule has 4 nitrogen and oxygen atoms in total. The van der Waals surface area contributed by atoms with Crippen LogP contribution in [0.5, 0.6) is 11.5 Å². The third-order valence-corrected chi connectivity index (χ3v) is 6.56. The lowest BCUT2D eigenvalue weighted by molar-refractivity contribution is 0.482. The minimum absolute atomic E-state index is 0.0177. The van der Waals surface area contributed by atoms with Gasteiger partial charge in [-0.05, 0) is 79.1 Å². The normalized spacial score (nSPS) is 18.1. The summed E-state index contributed by atoms with van der Waals surface area (Å²) in [5.74, 6) is 1.61. The molecule has 2 aromatic carbocycles. The van der Waals surface area contributed by atoms with Crippen LogP contribution >= 0.6 is 23.6 Å². The number of hydrogen-bond donors (Lipinski definition) is 1. The molecule has 2 aromatic heterocycles. The van der Waals surface area contributed by atoms with Crippen LogP contribution in [-0.2, 0) is 0 Å². The topological polar surface area (TPSA) is 37.4 Å². The van der Waals surface area contributed by atoms with Gasteiger partial charge in [0.15, 0.2) is 5.11 Å². The number of nitrogens with zero attached hydrogens (tertiary/aromatic N) is 2. The first-order chi connectivity index (χ1) is 15.2. The van der Waals surface area contributed by atoms with Gasteiger partial charge in [0.2, 0.25) is 0 Å². The van der Waals surface area contributed by atoms with E-state index in [-0.39, 0.29) is 12.1 Å². The molecule has 1 saturated heterocycles. The van der Waals surface area contributed by atoms with Crippen molar-refractivity contribution in [1.29, 1.82) is 0 Å². The Morgan fingerprint density at radius 1 is 0.935 bits per heavy atom. The maximum atomic E-state index is 5.99. The Balaban J connectivity index is 1.45. The molecular weight excluding hydrogens is 422 g/mol. The number of hydrogen-bond acceptors (Lipinski definition) is 4. The summed E-state index contributed by atoms with van der Waals surface area (Å²) in [6.07, 6.45) is 1.82. The highest BCUT2D eigenvalue weighted by Gasteiger charge is 2.41. The van der Waals surface area contributed by atoms with Gasteiger partial charge in [-0.15, -0.1) is 11.3 Å². The fourth-order valence-corrected chi connectivity index (χ4v) is 5.00. The molecule has 1 N–H and O–H groups in total. The zero-order chi connectivity index (χ0) is 21.2. The quantitative estimate of drug-likeness (QED) is 0.360. The highest BCUT2D eigenvalue weighted by molar-refractivity contribution is 7.80. The van der Waals surface area contributed by atoms with Crippen LogP contribution in [0.25, 0.3) is 0 Å². The van der Waals surface area contributed by atoms with Crippen molar-refractivity contribution >= 4 is 34.4 Å². The summed E-state index contributed by atoms with van der Waals surface area (Å²) in [6, 6.07) is 26.4. The molecule has 0 saturated carbocycles. The van der Waals surface area contributed by atoms with Crippen molar-refractivity contribution in [2.45, 2.75) is 19.0 Å². The Morgan fingerprint density at radius 2 is 1.68 bits per heavy atom. The van der Waals surface area contributed by atoms with E-state index >= 15 is 0 Å². The van der Waals surface area contributed by atoms with Crippen molar-refractivity contribution < 1.29 is 4.74 Å². The standard InChI is InChI=1S/C25H21N3OS2/c1-17-7-11-19(12-8-17)29-20-13-9-18(10-14-20)28-24(22-6-4-16-31-22)23(27-25(28)30)21-5-2-3-15-26-21/h2-16,23-24H,1H3,(H,27,30)/t23-,24-/m0/s1. The summed E-state index contributed by atoms with van der Waals surface area (Å²) in [7, 11) is 0. The second-order valence-corrected chi connectivity index (χ2v) is 8.79. The number of rotatable bonds is 5. The van der Waals surface area contributed by atoms with Gasteiger partial charge in [0.25, 0.3) is 0 Å². The van der Waals surface area contributed by atoms with Crippen molar-refractivity contribution in [2.75, 3.05) is 4.90 Å². The summed E-state index contributed by atoms with van der Waals surface area (Å²) < 4.78 is 5.99. The lowest BCUT2D eigenvalue weighted by Crippen LogP contribution is -2.28. The van der Waals surface area contributed by atoms with E-state index in [1.165, 1.54) is 10.4 Å². The minimum Gasteiger partial charge on any atom is -0.457 e. The van der Waals surface area contributed by atoms with Gasteiger partial charge in [0.1, 0.15) is 11.5 Å². The van der Waals surface area contributed by atoms with Crippen LogP contribution in [0.3, 0.4) is 0 Å². The van der Waals surface area contributed by atoms with E-state index in [1.54, 1.807) is 11.3 Å². The van der Waals surface area contributed by atoms with Crippen LogP contribution in [0.1, 0.15) is 28.2 Å². The minimum atomic E-state index is -0.0177. The van der Waals surface area contributed by atoms with Gasteiger partial charge >= 0.3 is 0 Å². The summed E-state index contributed by atoms with van der Waals surface area (Å²) in [5, 5.41) is 6.28. The van der Waals surface area contributed by atoms with E-state index in [0.29, 0.717) is 5.11 Å². The van der Waals surface area contributed by atoms with Crippen molar-refractivity contribution in [3.63, 3.8) is 0 Å². The zero-order valence-electron chi connectivity index (χ0n) is 16.9. The average molecular weight is 444 g/mol. The first-order valence-corrected chi connectivity index (χ1v) is 11.4. The van der Waals surface area contributed by atoms with Crippen LogP contribution < -0.4 is 15.0 Å². The number of thiophene rings is 1. The van der Waals surface area contributed by atoms with Crippen molar-refractivity contribution in [3.05, 3.63) is 107 Å². The molecular formula is C25H21N3OS2. The molecule has 5 rings (SSSR count). The molecule has 0 aliphatic carbocycles. The third kappa shape index (κ3) is 4.04. The smallest absolute Gasteiger partial charge is 0.174 e. The van der Waals surface area contributed by atoms with Crippen LogP contribution in [0.15, 0.2) is 90.4 Å². The van der Waals surface area contributed by atoms with Gasteiger partial charge in [0.05, 0.1) is 17.8 Å². The van der Waals surface area contributed by atoms with E-state index in [9.17, 15) is 0 Å². The first kappa shape index (κ1) is 19.7. The van der Waals surface area contributed by atoms with Gasteiger partial charge in [0, 0.05) is 16.8 Å². The molecule has 2 atom stereocenters. The maximum Gasteiger partial charge on any atom is 0.174 e. The molecule has 1 fully saturated rings. The lowest BCUT2D eigenvalue weighted by Gasteiger charge is -2.27. The van der Waals surface area contributed by atoms with Crippen molar-refractivity contribution in [1.82, 2.24) is 10.3 Å². The molecule has 0 spiro atoms. The Labute approximate surface area is 191 Å². The predicted octanol–water partition coefficient (Wildman–Crippen LogP) is 6.42. The van der Waals surface area contributed by atoms with E-state index in [2.05, 4.69) is 51.8 Å². The summed E-state index contributed by atoms with van der Waals surface area (Å²) in [4.78, 5) is 8.00. The fourth-order valence-electron chi connectivity index (χ4n) is 3.80. The molecule has 0 radical (unpaired) electrons. The van der Waals surface area contributed by atoms with Gasteiger partial charge in [-0.25, -0.2) is 0 Å². The summed E-state index contributed by atoms with van der Waals surface area (Å²) in [6.45, 7) is 2.06. The monoisotopic (exact) mass is 443 g/mol. The lowest BCUT2D eigenvalue weighted by atomic mass is 10.0. The molecule has 154 valence electrons. The number of nitrogens with one attached hydrogen (secondary N) is 1.